The molecule has 17 heteroatoms. The number of hydrogen-bond donors (Lipinski definition) is 5. The van der Waals surface area contributed by atoms with Crippen molar-refractivity contribution in [1.82, 2.24) is 36.4 Å². The Morgan fingerprint density at radius 2 is 0.977 bits per heavy atom. The molecule has 2 heterocycles. The molecule has 0 saturated heterocycles. The first-order valence-electron chi connectivity index (χ1n) is 13.9. The Hall–Kier alpha value is -4.93. The number of nitrogens with zero attached hydrogens (tertiary/aromatic N) is 2. The van der Waals surface area contributed by atoms with Crippen LogP contribution in [0.4, 0.5) is 0 Å². The third-order valence-corrected chi connectivity index (χ3v) is 6.40. The zero-order chi connectivity index (χ0) is 32.6. The molecule has 0 saturated carbocycles. The fourth-order valence-corrected chi connectivity index (χ4v) is 3.91. The summed E-state index contributed by atoms with van der Waals surface area (Å²) in [5.74, 6) is -4.34. The summed E-state index contributed by atoms with van der Waals surface area (Å²) in [5.41, 5.74) is 0. The highest BCUT2D eigenvalue weighted by atomic mass is 16.5. The number of rotatable bonds is 19. The molecule has 2 aliphatic rings. The van der Waals surface area contributed by atoms with E-state index in [-0.39, 0.29) is 65.0 Å². The lowest BCUT2D eigenvalue weighted by Gasteiger charge is -2.20. The van der Waals surface area contributed by atoms with Gasteiger partial charge in [-0.15, -0.1) is 0 Å². The number of methoxy groups -OCH3 is 1. The van der Waals surface area contributed by atoms with Crippen molar-refractivity contribution in [3.05, 3.63) is 24.3 Å². The minimum atomic E-state index is -0.891. The summed E-state index contributed by atoms with van der Waals surface area (Å²) in [6, 6.07) is -0.891. The molecule has 0 bridgehead atoms. The SMILES string of the molecule is COC(C)C(=O)NC(CC(=O)NCCNC(=O)CCN1C(=O)C=CC1=O)CC(=O)NCCNC(=O)CCN1C(=O)C=CC1=O. The van der Waals surface area contributed by atoms with E-state index in [0.717, 1.165) is 34.1 Å². The summed E-state index contributed by atoms with van der Waals surface area (Å²) in [5, 5.41) is 12.9. The number of imide groups is 2. The predicted octanol–water partition coefficient (Wildman–Crippen LogP) is -3.62. The molecule has 1 unspecified atom stereocenters. The van der Waals surface area contributed by atoms with Gasteiger partial charge in [0.25, 0.3) is 23.6 Å². The molecule has 2 aliphatic heterocycles. The molecule has 5 N–H and O–H groups in total. The summed E-state index contributed by atoms with van der Waals surface area (Å²) in [6.07, 6.45) is 2.95. The minimum absolute atomic E-state index is 0.0470. The van der Waals surface area contributed by atoms with Crippen molar-refractivity contribution < 1.29 is 47.9 Å². The van der Waals surface area contributed by atoms with Crippen LogP contribution in [0.15, 0.2) is 24.3 Å². The van der Waals surface area contributed by atoms with Crippen molar-refractivity contribution in [3.8, 4) is 0 Å². The summed E-state index contributed by atoms with van der Waals surface area (Å²) in [4.78, 5) is 109. The lowest BCUT2D eigenvalue weighted by Crippen LogP contribution is -2.46. The molecule has 2 rings (SSSR count). The largest absolute Gasteiger partial charge is 0.372 e. The number of nitrogens with one attached hydrogen (secondary N) is 5. The van der Waals surface area contributed by atoms with Crippen LogP contribution in [0.25, 0.3) is 0 Å². The van der Waals surface area contributed by atoms with Crippen LogP contribution < -0.4 is 26.6 Å². The van der Waals surface area contributed by atoms with Crippen LogP contribution in [0.2, 0.25) is 0 Å². The van der Waals surface area contributed by atoms with Crippen molar-refractivity contribution in [2.75, 3.05) is 46.4 Å². The smallest absolute Gasteiger partial charge is 0.253 e. The Morgan fingerprint density at radius 3 is 1.32 bits per heavy atom. The first-order valence-corrected chi connectivity index (χ1v) is 13.9. The molecular weight excluding hydrogens is 582 g/mol. The van der Waals surface area contributed by atoms with Crippen LogP contribution in [0.5, 0.6) is 0 Å². The van der Waals surface area contributed by atoms with Gasteiger partial charge >= 0.3 is 0 Å². The van der Waals surface area contributed by atoms with Crippen LogP contribution in [0.1, 0.15) is 32.6 Å². The van der Waals surface area contributed by atoms with Crippen molar-refractivity contribution in [2.24, 2.45) is 0 Å². The number of hydrogen-bond acceptors (Lipinski definition) is 10. The second kappa shape index (κ2) is 17.9. The van der Waals surface area contributed by atoms with E-state index >= 15 is 0 Å². The van der Waals surface area contributed by atoms with Crippen molar-refractivity contribution in [3.63, 3.8) is 0 Å². The molecule has 0 spiro atoms. The average Bonchev–Trinajstić information content (AvgIpc) is 3.48. The van der Waals surface area contributed by atoms with Crippen LogP contribution in [0.3, 0.4) is 0 Å². The summed E-state index contributed by atoms with van der Waals surface area (Å²) >= 11 is 0. The average molecular weight is 620 g/mol. The molecule has 0 aromatic carbocycles. The summed E-state index contributed by atoms with van der Waals surface area (Å²) in [6.45, 7) is 1.58. The van der Waals surface area contributed by atoms with Gasteiger partial charge in [-0.3, -0.25) is 53.0 Å². The van der Waals surface area contributed by atoms with Gasteiger partial charge in [0.15, 0.2) is 0 Å². The van der Waals surface area contributed by atoms with Crippen LogP contribution >= 0.6 is 0 Å². The molecule has 240 valence electrons. The predicted molar refractivity (Wildman–Crippen MR) is 151 cm³/mol. The van der Waals surface area contributed by atoms with Gasteiger partial charge in [0, 0.05) is 102 Å². The highest BCUT2D eigenvalue weighted by Gasteiger charge is 2.25. The second-order valence-electron chi connectivity index (χ2n) is 9.71. The maximum atomic E-state index is 12.5. The normalized spacial score (nSPS) is 14.7. The van der Waals surface area contributed by atoms with E-state index in [1.54, 1.807) is 0 Å². The van der Waals surface area contributed by atoms with Gasteiger partial charge in [-0.2, -0.15) is 0 Å². The van der Waals surface area contributed by atoms with E-state index in [9.17, 15) is 43.2 Å². The van der Waals surface area contributed by atoms with E-state index in [1.165, 1.54) is 14.0 Å². The van der Waals surface area contributed by atoms with Gasteiger partial charge in [-0.25, -0.2) is 0 Å². The molecule has 9 amide bonds. The monoisotopic (exact) mass is 619 g/mol. The van der Waals surface area contributed by atoms with Crippen molar-refractivity contribution in [2.45, 2.75) is 44.8 Å². The molecule has 44 heavy (non-hydrogen) atoms. The maximum Gasteiger partial charge on any atom is 0.253 e. The zero-order valence-electron chi connectivity index (χ0n) is 24.5. The number of carbonyl (C=O) groups excluding carboxylic acids is 9. The fraction of sp³-hybridized carbons (Fsp3) is 0.519. The first kappa shape index (κ1) is 35.3. The molecule has 0 radical (unpaired) electrons. The summed E-state index contributed by atoms with van der Waals surface area (Å²) < 4.78 is 4.97. The van der Waals surface area contributed by atoms with E-state index in [1.807, 2.05) is 0 Å². The van der Waals surface area contributed by atoms with Gasteiger partial charge in [0.05, 0.1) is 0 Å². The van der Waals surface area contributed by atoms with E-state index < -0.39 is 65.3 Å². The summed E-state index contributed by atoms with van der Waals surface area (Å²) in [7, 11) is 1.33. The van der Waals surface area contributed by atoms with E-state index in [4.69, 9.17) is 4.74 Å². The number of carbonyl (C=O) groups is 9. The van der Waals surface area contributed by atoms with Crippen LogP contribution in [-0.2, 0) is 47.9 Å². The zero-order valence-corrected chi connectivity index (χ0v) is 24.5. The van der Waals surface area contributed by atoms with Gasteiger partial charge in [-0.05, 0) is 6.92 Å². The lowest BCUT2D eigenvalue weighted by atomic mass is 10.1. The van der Waals surface area contributed by atoms with Crippen molar-refractivity contribution in [1.29, 1.82) is 0 Å². The van der Waals surface area contributed by atoms with Gasteiger partial charge in [-0.1, -0.05) is 0 Å². The minimum Gasteiger partial charge on any atom is -0.372 e. The number of amides is 9. The molecular formula is C27H37N7O10. The lowest BCUT2D eigenvalue weighted by molar-refractivity contribution is -0.139. The Kier molecular flexibility index (Phi) is 14.3. The topological polar surface area (TPSA) is 229 Å². The van der Waals surface area contributed by atoms with Crippen LogP contribution in [-0.4, -0.2) is 121 Å². The Balaban J connectivity index is 1.69. The third-order valence-electron chi connectivity index (χ3n) is 6.40. The molecule has 0 fully saturated rings. The third kappa shape index (κ3) is 12.1. The maximum absolute atomic E-state index is 12.5. The van der Waals surface area contributed by atoms with Gasteiger partial charge in [0.1, 0.15) is 6.10 Å². The molecule has 0 aromatic rings. The highest BCUT2D eigenvalue weighted by Crippen LogP contribution is 2.05. The Labute approximate surface area is 253 Å². The highest BCUT2D eigenvalue weighted by molar-refractivity contribution is 6.13. The molecule has 17 nitrogen and oxygen atoms in total. The standard InChI is InChI=1S/C27H37N7O10/c1-17(44-2)27(43)32-18(15-21(37)30-11-9-28-19(35)7-13-33-23(39)3-4-24(33)40)16-22(38)31-12-10-29-20(36)8-14-34-25(41)5-6-26(34)42/h3-6,17-18H,7-16H2,1-2H3,(H,28,35)(H,29,36)(H,30,37)(H,31,38)(H,32,43). The molecule has 1 atom stereocenters. The molecule has 0 aliphatic carbocycles. The van der Waals surface area contributed by atoms with Crippen LogP contribution in [0, 0.1) is 0 Å². The number of ether oxygens (including phenoxy) is 1. The fourth-order valence-electron chi connectivity index (χ4n) is 3.91. The Morgan fingerprint density at radius 1 is 0.636 bits per heavy atom. The molecule has 0 aromatic heterocycles. The Bertz CT molecular complexity index is 1100. The van der Waals surface area contributed by atoms with E-state index in [2.05, 4.69) is 26.6 Å². The van der Waals surface area contributed by atoms with E-state index in [0.29, 0.717) is 0 Å². The van der Waals surface area contributed by atoms with Crippen molar-refractivity contribution >= 4 is 53.2 Å². The van der Waals surface area contributed by atoms with Gasteiger partial charge < -0.3 is 31.3 Å². The van der Waals surface area contributed by atoms with Gasteiger partial charge in [0.2, 0.25) is 29.5 Å². The quantitative estimate of drug-likeness (QED) is 0.0704. The second-order valence-corrected chi connectivity index (χ2v) is 9.71. The first-order chi connectivity index (χ1) is 20.9.